The molecule has 1 aliphatic rings. The van der Waals surface area contributed by atoms with Gasteiger partial charge in [0.1, 0.15) is 12.2 Å². The van der Waals surface area contributed by atoms with Crippen molar-refractivity contribution in [1.29, 1.82) is 0 Å². The molecule has 1 aliphatic heterocycles. The lowest BCUT2D eigenvalue weighted by Gasteiger charge is -2.20. The average Bonchev–Trinajstić information content (AvgIpc) is 3.02. The number of hydrogen-bond acceptors (Lipinski definition) is 5. The molecule has 6 heteroatoms. The molecule has 1 aromatic rings. The maximum absolute atomic E-state index is 12.4. The summed E-state index contributed by atoms with van der Waals surface area (Å²) in [7, 11) is 1.61. The smallest absolute Gasteiger partial charge is 0.256 e. The van der Waals surface area contributed by atoms with Crippen molar-refractivity contribution in [3.05, 3.63) is 23.9 Å². The number of ether oxygens (including phenoxy) is 2. The van der Waals surface area contributed by atoms with Crippen molar-refractivity contribution in [3.8, 4) is 5.88 Å². The SMILES string of the molecule is COCCOc1ncccc1C(=O)NC[C@H]1CCN(C(C)C)C1. The molecule has 1 fully saturated rings. The summed E-state index contributed by atoms with van der Waals surface area (Å²) >= 11 is 0. The molecule has 128 valence electrons. The zero-order chi connectivity index (χ0) is 16.7. The van der Waals surface area contributed by atoms with E-state index in [0.29, 0.717) is 43.2 Å². The van der Waals surface area contributed by atoms with E-state index in [0.717, 1.165) is 19.5 Å². The van der Waals surface area contributed by atoms with E-state index in [2.05, 4.69) is 29.0 Å². The molecule has 0 aliphatic carbocycles. The monoisotopic (exact) mass is 321 g/mol. The minimum atomic E-state index is -0.131. The van der Waals surface area contributed by atoms with Crippen LogP contribution in [-0.2, 0) is 4.74 Å². The molecule has 0 radical (unpaired) electrons. The number of methoxy groups -OCH3 is 1. The van der Waals surface area contributed by atoms with Gasteiger partial charge in [0.2, 0.25) is 5.88 Å². The van der Waals surface area contributed by atoms with E-state index in [-0.39, 0.29) is 5.91 Å². The van der Waals surface area contributed by atoms with E-state index in [1.807, 2.05) is 0 Å². The van der Waals surface area contributed by atoms with Gasteiger partial charge >= 0.3 is 0 Å². The van der Waals surface area contributed by atoms with E-state index >= 15 is 0 Å². The van der Waals surface area contributed by atoms with Gasteiger partial charge in [0.05, 0.1) is 6.61 Å². The summed E-state index contributed by atoms with van der Waals surface area (Å²) in [6, 6.07) is 4.04. The molecule has 23 heavy (non-hydrogen) atoms. The predicted octanol–water partition coefficient (Wildman–Crippen LogP) is 1.57. The lowest BCUT2D eigenvalue weighted by Crippen LogP contribution is -2.33. The Morgan fingerprint density at radius 3 is 3.00 bits per heavy atom. The van der Waals surface area contributed by atoms with Gasteiger partial charge < -0.3 is 19.7 Å². The summed E-state index contributed by atoms with van der Waals surface area (Å²) < 4.78 is 10.5. The number of carbonyl (C=O) groups excluding carboxylic acids is 1. The first kappa shape index (κ1) is 17.7. The zero-order valence-electron chi connectivity index (χ0n) is 14.2. The van der Waals surface area contributed by atoms with Gasteiger partial charge in [0.15, 0.2) is 0 Å². The van der Waals surface area contributed by atoms with Crippen LogP contribution in [0.1, 0.15) is 30.6 Å². The third kappa shape index (κ3) is 5.18. The van der Waals surface area contributed by atoms with Gasteiger partial charge in [0, 0.05) is 32.4 Å². The van der Waals surface area contributed by atoms with Gasteiger partial charge in [-0.05, 0) is 44.9 Å². The minimum Gasteiger partial charge on any atom is -0.475 e. The summed E-state index contributed by atoms with van der Waals surface area (Å²) in [5, 5.41) is 3.01. The quantitative estimate of drug-likeness (QED) is 0.736. The second-order valence-electron chi connectivity index (χ2n) is 6.15. The maximum atomic E-state index is 12.4. The van der Waals surface area contributed by atoms with Crippen molar-refractivity contribution >= 4 is 5.91 Å². The zero-order valence-corrected chi connectivity index (χ0v) is 14.2. The third-order valence-corrected chi connectivity index (χ3v) is 4.14. The maximum Gasteiger partial charge on any atom is 0.256 e. The predicted molar refractivity (Wildman–Crippen MR) is 88.8 cm³/mol. The van der Waals surface area contributed by atoms with Crippen LogP contribution in [0.25, 0.3) is 0 Å². The van der Waals surface area contributed by atoms with Gasteiger partial charge in [-0.1, -0.05) is 0 Å². The molecule has 2 heterocycles. The van der Waals surface area contributed by atoms with Crippen LogP contribution >= 0.6 is 0 Å². The molecule has 0 aromatic carbocycles. The van der Waals surface area contributed by atoms with Crippen LogP contribution in [0.4, 0.5) is 0 Å². The summed E-state index contributed by atoms with van der Waals surface area (Å²) in [6.07, 6.45) is 2.75. The van der Waals surface area contributed by atoms with E-state index in [4.69, 9.17) is 9.47 Å². The molecule has 1 amide bonds. The van der Waals surface area contributed by atoms with Gasteiger partial charge in [0.25, 0.3) is 5.91 Å². The number of aromatic nitrogens is 1. The van der Waals surface area contributed by atoms with Gasteiger partial charge in [-0.15, -0.1) is 0 Å². The van der Waals surface area contributed by atoms with Gasteiger partial charge in [-0.2, -0.15) is 0 Å². The Morgan fingerprint density at radius 1 is 1.48 bits per heavy atom. The van der Waals surface area contributed by atoms with E-state index < -0.39 is 0 Å². The Balaban J connectivity index is 1.86. The first-order valence-electron chi connectivity index (χ1n) is 8.20. The van der Waals surface area contributed by atoms with E-state index in [1.165, 1.54) is 0 Å². The number of pyridine rings is 1. The molecule has 1 aromatic heterocycles. The number of nitrogens with zero attached hydrogens (tertiary/aromatic N) is 2. The number of amides is 1. The van der Waals surface area contributed by atoms with Crippen molar-refractivity contribution in [2.24, 2.45) is 5.92 Å². The number of likely N-dealkylation sites (tertiary alicyclic amines) is 1. The van der Waals surface area contributed by atoms with Gasteiger partial charge in [-0.3, -0.25) is 4.79 Å². The Bertz CT molecular complexity index is 508. The van der Waals surface area contributed by atoms with Crippen molar-refractivity contribution in [1.82, 2.24) is 15.2 Å². The van der Waals surface area contributed by atoms with Crippen molar-refractivity contribution < 1.29 is 14.3 Å². The van der Waals surface area contributed by atoms with Crippen LogP contribution in [0, 0.1) is 5.92 Å². The van der Waals surface area contributed by atoms with Crippen LogP contribution in [0.3, 0.4) is 0 Å². The molecule has 1 atom stereocenters. The molecule has 0 saturated carbocycles. The highest BCUT2D eigenvalue weighted by Gasteiger charge is 2.25. The number of carbonyl (C=O) groups is 1. The Labute approximate surface area is 138 Å². The molecule has 1 N–H and O–H groups in total. The fourth-order valence-corrected chi connectivity index (χ4v) is 2.73. The summed E-state index contributed by atoms with van der Waals surface area (Å²) in [5.41, 5.74) is 0.474. The Kier molecular flexibility index (Phi) is 6.80. The Morgan fingerprint density at radius 2 is 2.30 bits per heavy atom. The van der Waals surface area contributed by atoms with Crippen molar-refractivity contribution in [2.75, 3.05) is 40.0 Å². The highest BCUT2D eigenvalue weighted by atomic mass is 16.5. The van der Waals surface area contributed by atoms with Crippen LogP contribution in [-0.4, -0.2) is 61.8 Å². The second kappa shape index (κ2) is 8.84. The number of hydrogen-bond donors (Lipinski definition) is 1. The largest absolute Gasteiger partial charge is 0.475 e. The lowest BCUT2D eigenvalue weighted by molar-refractivity contribution is 0.0937. The topological polar surface area (TPSA) is 63.7 Å². The van der Waals surface area contributed by atoms with Crippen LogP contribution in [0.2, 0.25) is 0 Å². The second-order valence-corrected chi connectivity index (χ2v) is 6.15. The first-order valence-corrected chi connectivity index (χ1v) is 8.20. The molecule has 0 unspecified atom stereocenters. The summed E-state index contributed by atoms with van der Waals surface area (Å²) in [5.74, 6) is 0.738. The molecule has 1 saturated heterocycles. The summed E-state index contributed by atoms with van der Waals surface area (Å²) in [6.45, 7) is 8.10. The average molecular weight is 321 g/mol. The fourth-order valence-electron chi connectivity index (χ4n) is 2.73. The fraction of sp³-hybridized carbons (Fsp3) is 0.647. The first-order chi connectivity index (χ1) is 11.1. The lowest BCUT2D eigenvalue weighted by atomic mass is 10.1. The molecule has 2 rings (SSSR count). The van der Waals surface area contributed by atoms with Crippen molar-refractivity contribution in [2.45, 2.75) is 26.3 Å². The van der Waals surface area contributed by atoms with E-state index in [1.54, 1.807) is 25.4 Å². The minimum absolute atomic E-state index is 0.131. The normalized spacial score (nSPS) is 18.3. The highest BCUT2D eigenvalue weighted by molar-refractivity contribution is 5.96. The number of rotatable bonds is 8. The molecule has 6 nitrogen and oxygen atoms in total. The highest BCUT2D eigenvalue weighted by Crippen LogP contribution is 2.18. The third-order valence-electron chi connectivity index (χ3n) is 4.14. The van der Waals surface area contributed by atoms with Crippen LogP contribution < -0.4 is 10.1 Å². The molecular formula is C17H27N3O3. The van der Waals surface area contributed by atoms with E-state index in [9.17, 15) is 4.79 Å². The van der Waals surface area contributed by atoms with Crippen LogP contribution in [0.5, 0.6) is 5.88 Å². The van der Waals surface area contributed by atoms with Crippen LogP contribution in [0.15, 0.2) is 18.3 Å². The van der Waals surface area contributed by atoms with Crippen molar-refractivity contribution in [3.63, 3.8) is 0 Å². The molecule has 0 spiro atoms. The number of nitrogens with one attached hydrogen (secondary N) is 1. The standard InChI is InChI=1S/C17H27N3O3/c1-13(2)20-8-6-14(12-20)11-19-16(21)15-5-4-7-18-17(15)23-10-9-22-3/h4-5,7,13-14H,6,8-12H2,1-3H3,(H,19,21)/t14-/m1/s1. The summed E-state index contributed by atoms with van der Waals surface area (Å²) in [4.78, 5) is 19.0. The Hall–Kier alpha value is -1.66. The molecular weight excluding hydrogens is 294 g/mol. The molecule has 0 bridgehead atoms. The van der Waals surface area contributed by atoms with Gasteiger partial charge in [-0.25, -0.2) is 4.98 Å².